The minimum atomic E-state index is -1.12. The standard InChI is InChI=1S/C22H20N2O5S2/c1-13-3-6-16(9-14(13)2)23-19(25)12-29-17-7-4-15(5-8-17)10-18-21(28)24(11-20(26)27)22(30)31-18/h3-10H,11-12H2,1-2H3,(H,23,25)(H,26,27)/b18-10+. The molecule has 0 bridgehead atoms. The number of rotatable bonds is 7. The second kappa shape index (κ2) is 9.76. The Hall–Kier alpha value is -3.17. The van der Waals surface area contributed by atoms with Crippen molar-refractivity contribution in [2.45, 2.75) is 13.8 Å². The fraction of sp³-hybridized carbons (Fsp3) is 0.182. The van der Waals surface area contributed by atoms with Crippen LogP contribution in [-0.2, 0) is 14.4 Å². The minimum Gasteiger partial charge on any atom is -0.484 e. The van der Waals surface area contributed by atoms with Gasteiger partial charge in [-0.1, -0.05) is 42.2 Å². The number of hydrogen-bond donors (Lipinski definition) is 2. The first-order valence-corrected chi connectivity index (χ1v) is 10.5. The molecule has 1 fully saturated rings. The van der Waals surface area contributed by atoms with Crippen molar-refractivity contribution >= 4 is 57.8 Å². The fourth-order valence-electron chi connectivity index (χ4n) is 2.75. The molecule has 2 aromatic rings. The van der Waals surface area contributed by atoms with Gasteiger partial charge in [0, 0.05) is 5.69 Å². The summed E-state index contributed by atoms with van der Waals surface area (Å²) in [6.45, 7) is 3.39. The zero-order valence-corrected chi connectivity index (χ0v) is 18.5. The van der Waals surface area contributed by atoms with Gasteiger partial charge in [0.2, 0.25) is 0 Å². The molecule has 2 amide bonds. The Morgan fingerprint density at radius 3 is 2.52 bits per heavy atom. The Labute approximate surface area is 189 Å². The number of carboxylic acids is 1. The number of nitrogens with one attached hydrogen (secondary N) is 1. The minimum absolute atomic E-state index is 0.139. The van der Waals surface area contributed by atoms with Crippen LogP contribution in [0.2, 0.25) is 0 Å². The summed E-state index contributed by atoms with van der Waals surface area (Å²) in [6, 6.07) is 12.5. The molecule has 0 atom stereocenters. The van der Waals surface area contributed by atoms with E-state index < -0.39 is 18.4 Å². The van der Waals surface area contributed by atoms with E-state index in [0.29, 0.717) is 16.3 Å². The van der Waals surface area contributed by atoms with Crippen molar-refractivity contribution in [1.82, 2.24) is 4.90 Å². The molecule has 2 N–H and O–H groups in total. The molecule has 1 heterocycles. The Bertz CT molecular complexity index is 1080. The summed E-state index contributed by atoms with van der Waals surface area (Å²) in [6.07, 6.45) is 1.64. The van der Waals surface area contributed by atoms with Crippen LogP contribution in [0.4, 0.5) is 5.69 Å². The highest BCUT2D eigenvalue weighted by molar-refractivity contribution is 8.26. The Kier molecular flexibility index (Phi) is 7.09. The van der Waals surface area contributed by atoms with E-state index in [1.54, 1.807) is 30.3 Å². The van der Waals surface area contributed by atoms with Crippen LogP contribution in [0.15, 0.2) is 47.4 Å². The summed E-state index contributed by atoms with van der Waals surface area (Å²) in [5, 5.41) is 11.7. The molecule has 31 heavy (non-hydrogen) atoms. The highest BCUT2D eigenvalue weighted by atomic mass is 32.2. The number of aryl methyl sites for hydroxylation is 2. The van der Waals surface area contributed by atoms with E-state index in [4.69, 9.17) is 22.1 Å². The number of ether oxygens (including phenoxy) is 1. The number of thiocarbonyl (C=S) groups is 1. The molecule has 0 aliphatic carbocycles. The van der Waals surface area contributed by atoms with Gasteiger partial charge in [0.05, 0.1) is 4.91 Å². The maximum Gasteiger partial charge on any atom is 0.323 e. The average Bonchev–Trinajstić information content (AvgIpc) is 2.97. The summed E-state index contributed by atoms with van der Waals surface area (Å²) in [7, 11) is 0. The van der Waals surface area contributed by atoms with E-state index in [1.165, 1.54) is 0 Å². The number of anilines is 1. The van der Waals surface area contributed by atoms with Crippen molar-refractivity contribution in [3.05, 3.63) is 64.1 Å². The lowest BCUT2D eigenvalue weighted by Crippen LogP contribution is -2.33. The molecule has 3 rings (SSSR count). The molecule has 0 aromatic heterocycles. The van der Waals surface area contributed by atoms with Gasteiger partial charge in [-0.2, -0.15) is 0 Å². The lowest BCUT2D eigenvalue weighted by atomic mass is 10.1. The number of benzene rings is 2. The van der Waals surface area contributed by atoms with Gasteiger partial charge < -0.3 is 15.2 Å². The molecule has 1 aliphatic heterocycles. The van der Waals surface area contributed by atoms with Crippen molar-refractivity contribution in [2.24, 2.45) is 0 Å². The van der Waals surface area contributed by atoms with E-state index in [1.807, 2.05) is 32.0 Å². The summed E-state index contributed by atoms with van der Waals surface area (Å²) >= 11 is 6.14. The van der Waals surface area contributed by atoms with E-state index >= 15 is 0 Å². The third kappa shape index (κ3) is 5.93. The third-order valence-electron chi connectivity index (χ3n) is 4.51. The molecule has 7 nitrogen and oxygen atoms in total. The van der Waals surface area contributed by atoms with Crippen LogP contribution in [0.5, 0.6) is 5.75 Å². The van der Waals surface area contributed by atoms with Crippen molar-refractivity contribution in [2.75, 3.05) is 18.5 Å². The molecule has 0 radical (unpaired) electrons. The lowest BCUT2D eigenvalue weighted by Gasteiger charge is -2.10. The average molecular weight is 457 g/mol. The number of hydrogen-bond acceptors (Lipinski definition) is 6. The fourth-order valence-corrected chi connectivity index (χ4v) is 4.00. The highest BCUT2D eigenvalue weighted by Gasteiger charge is 2.33. The predicted molar refractivity (Wildman–Crippen MR) is 124 cm³/mol. The summed E-state index contributed by atoms with van der Waals surface area (Å²) in [5.41, 5.74) is 3.68. The molecule has 2 aromatic carbocycles. The van der Waals surface area contributed by atoms with Crippen LogP contribution >= 0.6 is 24.0 Å². The molecule has 160 valence electrons. The Morgan fingerprint density at radius 1 is 1.16 bits per heavy atom. The monoisotopic (exact) mass is 456 g/mol. The van der Waals surface area contributed by atoms with Crippen molar-refractivity contribution in [3.63, 3.8) is 0 Å². The van der Waals surface area contributed by atoms with Crippen molar-refractivity contribution < 1.29 is 24.2 Å². The van der Waals surface area contributed by atoms with Gasteiger partial charge in [-0.15, -0.1) is 0 Å². The third-order valence-corrected chi connectivity index (χ3v) is 5.88. The second-order valence-electron chi connectivity index (χ2n) is 6.87. The smallest absolute Gasteiger partial charge is 0.323 e. The largest absolute Gasteiger partial charge is 0.484 e. The summed E-state index contributed by atoms with van der Waals surface area (Å²) in [4.78, 5) is 36.7. The first kappa shape index (κ1) is 22.5. The lowest BCUT2D eigenvalue weighted by molar-refractivity contribution is -0.140. The molecule has 0 unspecified atom stereocenters. The van der Waals surface area contributed by atoms with E-state index in [9.17, 15) is 14.4 Å². The van der Waals surface area contributed by atoms with Gasteiger partial charge in [-0.25, -0.2) is 0 Å². The van der Waals surface area contributed by atoms with Crippen LogP contribution in [0.3, 0.4) is 0 Å². The first-order valence-electron chi connectivity index (χ1n) is 9.30. The van der Waals surface area contributed by atoms with E-state index in [0.717, 1.165) is 33.4 Å². The highest BCUT2D eigenvalue weighted by Crippen LogP contribution is 2.32. The summed E-state index contributed by atoms with van der Waals surface area (Å²) < 4.78 is 5.73. The number of carbonyl (C=O) groups excluding carboxylic acids is 2. The topological polar surface area (TPSA) is 95.9 Å². The van der Waals surface area contributed by atoms with Crippen LogP contribution in [0.25, 0.3) is 6.08 Å². The summed E-state index contributed by atoms with van der Waals surface area (Å²) in [5.74, 6) is -1.32. The predicted octanol–water partition coefficient (Wildman–Crippen LogP) is 3.61. The SMILES string of the molecule is Cc1ccc(NC(=O)COc2ccc(/C=C3/SC(=S)N(CC(=O)O)C3=O)cc2)cc1C. The normalized spacial score (nSPS) is 14.8. The maximum absolute atomic E-state index is 12.3. The van der Waals surface area contributed by atoms with Crippen LogP contribution in [0.1, 0.15) is 16.7 Å². The van der Waals surface area contributed by atoms with Crippen molar-refractivity contribution in [1.29, 1.82) is 0 Å². The quantitative estimate of drug-likeness (QED) is 0.485. The van der Waals surface area contributed by atoms with Crippen LogP contribution in [0, 0.1) is 13.8 Å². The maximum atomic E-state index is 12.3. The zero-order valence-electron chi connectivity index (χ0n) is 16.9. The zero-order chi connectivity index (χ0) is 22.5. The van der Waals surface area contributed by atoms with Gasteiger partial charge in [-0.3, -0.25) is 19.3 Å². The van der Waals surface area contributed by atoms with Crippen molar-refractivity contribution in [3.8, 4) is 5.75 Å². The number of carboxylic acid groups (broad SMARTS) is 1. The molecule has 1 saturated heterocycles. The first-order chi connectivity index (χ1) is 14.7. The molecular weight excluding hydrogens is 436 g/mol. The second-order valence-corrected chi connectivity index (χ2v) is 8.54. The number of carbonyl (C=O) groups is 3. The number of amides is 2. The number of nitrogens with zero attached hydrogens (tertiary/aromatic N) is 1. The molecule has 9 heteroatoms. The molecule has 0 saturated carbocycles. The molecular formula is C22H20N2O5S2. The van der Waals surface area contributed by atoms with Gasteiger partial charge in [0.1, 0.15) is 16.6 Å². The number of thioether (sulfide) groups is 1. The van der Waals surface area contributed by atoms with Crippen LogP contribution in [-0.4, -0.2) is 45.3 Å². The van der Waals surface area contributed by atoms with E-state index in [2.05, 4.69) is 5.32 Å². The van der Waals surface area contributed by atoms with Gasteiger partial charge in [-0.05, 0) is 60.9 Å². The van der Waals surface area contributed by atoms with E-state index in [-0.39, 0.29) is 16.8 Å². The van der Waals surface area contributed by atoms with Gasteiger partial charge >= 0.3 is 5.97 Å². The van der Waals surface area contributed by atoms with Gasteiger partial charge in [0.15, 0.2) is 6.61 Å². The molecule has 0 spiro atoms. The Morgan fingerprint density at radius 2 is 1.87 bits per heavy atom. The molecule has 1 aliphatic rings. The van der Waals surface area contributed by atoms with Crippen LogP contribution < -0.4 is 10.1 Å². The van der Waals surface area contributed by atoms with Gasteiger partial charge in [0.25, 0.3) is 11.8 Å². The number of aliphatic carboxylic acids is 1. The Balaban J connectivity index is 1.56.